The van der Waals surface area contributed by atoms with Gasteiger partial charge in [0.25, 0.3) is 0 Å². The number of aryl methyl sites for hydroxylation is 1. The Morgan fingerprint density at radius 2 is 2.11 bits per heavy atom. The van der Waals surface area contributed by atoms with Gasteiger partial charge in [-0.25, -0.2) is 4.79 Å². The summed E-state index contributed by atoms with van der Waals surface area (Å²) in [6, 6.07) is 7.72. The van der Waals surface area contributed by atoms with Crippen molar-refractivity contribution in [1.29, 1.82) is 0 Å². The molecule has 6 heteroatoms. The normalized spacial score (nSPS) is 10.7. The predicted octanol–water partition coefficient (Wildman–Crippen LogP) is 4.02. The number of hydrogen-bond acceptors (Lipinski definition) is 3. The van der Waals surface area contributed by atoms with Crippen LogP contribution in [0.4, 0.5) is 8.78 Å². The molecule has 19 heavy (non-hydrogen) atoms. The van der Waals surface area contributed by atoms with E-state index in [9.17, 15) is 13.6 Å². The van der Waals surface area contributed by atoms with Crippen LogP contribution in [-0.2, 0) is 0 Å². The van der Waals surface area contributed by atoms with Gasteiger partial charge in [0.15, 0.2) is 0 Å². The van der Waals surface area contributed by atoms with Crippen LogP contribution in [0.2, 0.25) is 0 Å². The molecule has 0 saturated carbocycles. The van der Waals surface area contributed by atoms with Gasteiger partial charge in [-0.15, -0.1) is 11.3 Å². The summed E-state index contributed by atoms with van der Waals surface area (Å²) in [5.41, 5.74) is 0.874. The van der Waals surface area contributed by atoms with Crippen LogP contribution >= 0.6 is 11.3 Å². The lowest BCUT2D eigenvalue weighted by atomic mass is 10.1. The minimum atomic E-state index is -2.88. The monoisotopic (exact) mass is 284 g/mol. The maximum atomic E-state index is 12.1. The Morgan fingerprint density at radius 1 is 1.37 bits per heavy atom. The van der Waals surface area contributed by atoms with Crippen molar-refractivity contribution in [2.45, 2.75) is 13.5 Å². The molecule has 0 atom stereocenters. The molecule has 100 valence electrons. The highest BCUT2D eigenvalue weighted by Crippen LogP contribution is 2.33. The highest BCUT2D eigenvalue weighted by molar-refractivity contribution is 7.15. The molecule has 1 aromatic carbocycles. The van der Waals surface area contributed by atoms with E-state index < -0.39 is 12.6 Å². The van der Waals surface area contributed by atoms with E-state index in [1.165, 1.54) is 29.5 Å². The van der Waals surface area contributed by atoms with Crippen LogP contribution in [0.3, 0.4) is 0 Å². The topological polar surface area (TPSA) is 46.5 Å². The van der Waals surface area contributed by atoms with E-state index in [1.54, 1.807) is 19.1 Å². The summed E-state index contributed by atoms with van der Waals surface area (Å²) in [6.45, 7) is -1.17. The third-order valence-corrected chi connectivity index (χ3v) is 3.59. The lowest BCUT2D eigenvalue weighted by molar-refractivity contribution is -0.0498. The third kappa shape index (κ3) is 3.08. The number of carbonyl (C=O) groups is 1. The minimum Gasteiger partial charge on any atom is -0.478 e. The molecule has 0 bridgehead atoms. The molecule has 1 N–H and O–H groups in total. The van der Waals surface area contributed by atoms with Crippen LogP contribution in [-0.4, -0.2) is 17.7 Å². The molecule has 0 unspecified atom stereocenters. The molecular formula is C13H10F2O3S. The van der Waals surface area contributed by atoms with Crippen molar-refractivity contribution >= 4 is 17.3 Å². The van der Waals surface area contributed by atoms with Gasteiger partial charge < -0.3 is 9.84 Å². The number of carboxylic acid groups (broad SMARTS) is 1. The molecule has 2 rings (SSSR count). The zero-order chi connectivity index (χ0) is 14.0. The summed E-state index contributed by atoms with van der Waals surface area (Å²) in [4.78, 5) is 12.3. The second-order valence-electron chi connectivity index (χ2n) is 3.79. The van der Waals surface area contributed by atoms with Gasteiger partial charge in [0.2, 0.25) is 0 Å². The molecule has 0 aliphatic rings. The van der Waals surface area contributed by atoms with Crippen molar-refractivity contribution in [2.24, 2.45) is 0 Å². The van der Waals surface area contributed by atoms with Gasteiger partial charge in [-0.05, 0) is 30.7 Å². The number of hydrogen-bond donors (Lipinski definition) is 1. The van der Waals surface area contributed by atoms with Crippen LogP contribution < -0.4 is 4.74 Å². The Kier molecular flexibility index (Phi) is 3.80. The molecule has 3 nitrogen and oxygen atoms in total. The smallest absolute Gasteiger partial charge is 0.387 e. The Morgan fingerprint density at radius 3 is 2.68 bits per heavy atom. The van der Waals surface area contributed by atoms with Crippen molar-refractivity contribution in [3.8, 4) is 16.2 Å². The number of benzene rings is 1. The Hall–Kier alpha value is -1.95. The second-order valence-corrected chi connectivity index (χ2v) is 5.05. The molecule has 0 fully saturated rings. The van der Waals surface area contributed by atoms with E-state index in [0.29, 0.717) is 15.3 Å². The van der Waals surface area contributed by atoms with Gasteiger partial charge in [0, 0.05) is 9.75 Å². The zero-order valence-electron chi connectivity index (χ0n) is 9.89. The van der Waals surface area contributed by atoms with Gasteiger partial charge in [-0.1, -0.05) is 12.1 Å². The standard InChI is InChI=1S/C13H10F2O3S/c1-7-10(12(16)17)6-11(19-7)8-3-2-4-9(5-8)18-13(14)15/h2-6,13H,1H3,(H,16,17). The Bertz CT molecular complexity index is 608. The average Bonchev–Trinajstić information content (AvgIpc) is 2.71. The van der Waals surface area contributed by atoms with Crippen LogP contribution in [0.1, 0.15) is 15.2 Å². The van der Waals surface area contributed by atoms with Crippen molar-refractivity contribution < 1.29 is 23.4 Å². The minimum absolute atomic E-state index is 0.0513. The van der Waals surface area contributed by atoms with Crippen LogP contribution in [0.25, 0.3) is 10.4 Å². The highest BCUT2D eigenvalue weighted by Gasteiger charge is 2.13. The average molecular weight is 284 g/mol. The van der Waals surface area contributed by atoms with E-state index in [4.69, 9.17) is 5.11 Å². The highest BCUT2D eigenvalue weighted by atomic mass is 32.1. The first-order chi connectivity index (χ1) is 8.97. The van der Waals surface area contributed by atoms with Crippen LogP contribution in [0.5, 0.6) is 5.75 Å². The SMILES string of the molecule is Cc1sc(-c2cccc(OC(F)F)c2)cc1C(=O)O. The van der Waals surface area contributed by atoms with Gasteiger partial charge in [-0.3, -0.25) is 0 Å². The summed E-state index contributed by atoms with van der Waals surface area (Å²) in [5, 5.41) is 8.98. The van der Waals surface area contributed by atoms with Crippen LogP contribution in [0, 0.1) is 6.92 Å². The summed E-state index contributed by atoms with van der Waals surface area (Å²) < 4.78 is 28.6. The first-order valence-electron chi connectivity index (χ1n) is 5.36. The summed E-state index contributed by atoms with van der Waals surface area (Å²) in [5.74, 6) is -0.949. The predicted molar refractivity (Wildman–Crippen MR) is 68.1 cm³/mol. The van der Waals surface area contributed by atoms with Crippen molar-refractivity contribution in [3.05, 3.63) is 40.8 Å². The van der Waals surface area contributed by atoms with Crippen molar-refractivity contribution in [3.63, 3.8) is 0 Å². The van der Waals surface area contributed by atoms with Gasteiger partial charge in [-0.2, -0.15) is 8.78 Å². The molecule has 0 spiro atoms. The first kappa shape index (κ1) is 13.5. The number of ether oxygens (including phenoxy) is 1. The van der Waals surface area contributed by atoms with Crippen molar-refractivity contribution in [2.75, 3.05) is 0 Å². The van der Waals surface area contributed by atoms with E-state index in [2.05, 4.69) is 4.74 Å². The lowest BCUT2D eigenvalue weighted by Gasteiger charge is -2.05. The maximum Gasteiger partial charge on any atom is 0.387 e. The number of rotatable bonds is 4. The summed E-state index contributed by atoms with van der Waals surface area (Å²) in [6.07, 6.45) is 0. The van der Waals surface area contributed by atoms with Gasteiger partial charge in [0.1, 0.15) is 5.75 Å². The van der Waals surface area contributed by atoms with Crippen LogP contribution in [0.15, 0.2) is 30.3 Å². The number of alkyl halides is 2. The molecule has 0 aliphatic heterocycles. The number of thiophene rings is 1. The molecule has 1 heterocycles. The molecule has 0 aliphatic carbocycles. The Balaban J connectivity index is 2.36. The van der Waals surface area contributed by atoms with Crippen molar-refractivity contribution in [1.82, 2.24) is 0 Å². The van der Waals surface area contributed by atoms with E-state index >= 15 is 0 Å². The number of aromatic carboxylic acids is 1. The zero-order valence-corrected chi connectivity index (χ0v) is 10.7. The molecule has 2 aromatic rings. The Labute approximate surface area is 112 Å². The third-order valence-electron chi connectivity index (χ3n) is 2.49. The van der Waals surface area contributed by atoms with Gasteiger partial charge in [0.05, 0.1) is 5.56 Å². The molecule has 1 aromatic heterocycles. The summed E-state index contributed by atoms with van der Waals surface area (Å²) >= 11 is 1.30. The number of halogens is 2. The quantitative estimate of drug-likeness (QED) is 0.922. The fraction of sp³-hybridized carbons (Fsp3) is 0.154. The van der Waals surface area contributed by atoms with E-state index in [1.807, 2.05) is 0 Å². The largest absolute Gasteiger partial charge is 0.478 e. The van der Waals surface area contributed by atoms with Gasteiger partial charge >= 0.3 is 12.6 Å². The van der Waals surface area contributed by atoms with E-state index in [-0.39, 0.29) is 11.3 Å². The summed E-state index contributed by atoms with van der Waals surface area (Å²) in [7, 11) is 0. The van der Waals surface area contributed by atoms with E-state index in [0.717, 1.165) is 0 Å². The molecule has 0 amide bonds. The molecule has 0 saturated heterocycles. The lowest BCUT2D eigenvalue weighted by Crippen LogP contribution is -2.01. The molecular weight excluding hydrogens is 274 g/mol. The fourth-order valence-electron chi connectivity index (χ4n) is 1.66. The second kappa shape index (κ2) is 5.36. The molecule has 0 radical (unpaired) electrons. The number of carboxylic acids is 1. The first-order valence-corrected chi connectivity index (χ1v) is 6.18. The fourth-order valence-corrected chi connectivity index (χ4v) is 2.67. The maximum absolute atomic E-state index is 12.1.